The standard InChI is InChI=1S/C14H23NO7S/c1-8(16)15-9(10(17)18)14(5,6)23-12(20)22-7-21-11(19)13(2,3)4/h9H,7H2,1-6H3,(H,15,16)(H,17,18). The molecular formula is C14H23NO7S. The van der Waals surface area contributed by atoms with Crippen LogP contribution in [0.5, 0.6) is 0 Å². The van der Waals surface area contributed by atoms with E-state index in [1.165, 1.54) is 20.8 Å². The molecule has 0 aliphatic heterocycles. The van der Waals surface area contributed by atoms with Gasteiger partial charge in [0.05, 0.1) is 10.2 Å². The third-order valence-electron chi connectivity index (χ3n) is 2.62. The Morgan fingerprint density at radius 3 is 2.00 bits per heavy atom. The van der Waals surface area contributed by atoms with Crippen molar-refractivity contribution in [2.75, 3.05) is 6.79 Å². The second-order valence-corrected chi connectivity index (χ2v) is 7.96. The van der Waals surface area contributed by atoms with Crippen molar-refractivity contribution in [3.8, 4) is 0 Å². The van der Waals surface area contributed by atoms with E-state index >= 15 is 0 Å². The highest BCUT2D eigenvalue weighted by atomic mass is 32.2. The first kappa shape index (κ1) is 21.2. The lowest BCUT2D eigenvalue weighted by molar-refractivity contribution is -0.160. The lowest BCUT2D eigenvalue weighted by Crippen LogP contribution is -2.52. The molecule has 1 amide bonds. The average Bonchev–Trinajstić information content (AvgIpc) is 2.33. The molecule has 23 heavy (non-hydrogen) atoms. The fraction of sp³-hybridized carbons (Fsp3) is 0.714. The van der Waals surface area contributed by atoms with Gasteiger partial charge in [-0.25, -0.2) is 9.59 Å². The molecule has 0 saturated heterocycles. The van der Waals surface area contributed by atoms with E-state index in [9.17, 15) is 19.2 Å². The van der Waals surface area contributed by atoms with Gasteiger partial charge in [-0.1, -0.05) is 0 Å². The number of hydrogen-bond donors (Lipinski definition) is 2. The van der Waals surface area contributed by atoms with Crippen LogP contribution in [-0.4, -0.2) is 45.8 Å². The second-order valence-electron chi connectivity index (χ2n) is 6.37. The Morgan fingerprint density at radius 2 is 1.61 bits per heavy atom. The van der Waals surface area contributed by atoms with Crippen molar-refractivity contribution in [1.29, 1.82) is 0 Å². The topological polar surface area (TPSA) is 119 Å². The van der Waals surface area contributed by atoms with E-state index in [-0.39, 0.29) is 0 Å². The Kier molecular flexibility index (Phi) is 7.56. The molecule has 0 aliphatic carbocycles. The lowest BCUT2D eigenvalue weighted by atomic mass is 9.98. The first-order valence-electron chi connectivity index (χ1n) is 6.80. The molecule has 8 nitrogen and oxygen atoms in total. The van der Waals surface area contributed by atoms with Gasteiger partial charge in [-0.15, -0.1) is 0 Å². The van der Waals surface area contributed by atoms with Gasteiger partial charge in [-0.05, 0) is 46.4 Å². The van der Waals surface area contributed by atoms with Crippen LogP contribution in [0.15, 0.2) is 0 Å². The zero-order valence-corrected chi connectivity index (χ0v) is 14.9. The van der Waals surface area contributed by atoms with Crippen LogP contribution < -0.4 is 5.32 Å². The molecule has 0 radical (unpaired) electrons. The van der Waals surface area contributed by atoms with E-state index in [0.717, 1.165) is 0 Å². The molecule has 0 aromatic rings. The minimum absolute atomic E-state index is 0.529. The molecule has 132 valence electrons. The number of ether oxygens (including phenoxy) is 2. The van der Waals surface area contributed by atoms with Gasteiger partial charge in [-0.3, -0.25) is 9.59 Å². The summed E-state index contributed by atoms with van der Waals surface area (Å²) in [4.78, 5) is 45.6. The number of aliphatic carboxylic acids is 1. The van der Waals surface area contributed by atoms with Crippen LogP contribution in [0.25, 0.3) is 0 Å². The summed E-state index contributed by atoms with van der Waals surface area (Å²) >= 11 is 0.591. The highest BCUT2D eigenvalue weighted by molar-refractivity contribution is 8.14. The molecule has 0 saturated carbocycles. The molecule has 2 N–H and O–H groups in total. The molecule has 0 aromatic carbocycles. The zero-order chi connectivity index (χ0) is 18.4. The minimum atomic E-state index is -1.28. The van der Waals surface area contributed by atoms with Crippen LogP contribution in [-0.2, 0) is 23.9 Å². The summed E-state index contributed by atoms with van der Waals surface area (Å²) < 4.78 is 8.37. The van der Waals surface area contributed by atoms with Gasteiger partial charge in [0.1, 0.15) is 6.04 Å². The first-order chi connectivity index (χ1) is 10.3. The van der Waals surface area contributed by atoms with Crippen molar-refractivity contribution < 1.29 is 33.8 Å². The SMILES string of the molecule is CC(=O)NC(C(=O)O)C(C)(C)SC(=O)OCOC(=O)C(C)(C)C. The highest BCUT2D eigenvalue weighted by Crippen LogP contribution is 2.30. The summed E-state index contributed by atoms with van der Waals surface area (Å²) in [5.74, 6) is -2.33. The van der Waals surface area contributed by atoms with Gasteiger partial charge in [0.15, 0.2) is 0 Å². The molecule has 0 bridgehead atoms. The largest absolute Gasteiger partial charge is 0.480 e. The number of carbonyl (C=O) groups excluding carboxylic acids is 3. The second kappa shape index (κ2) is 8.19. The predicted molar refractivity (Wildman–Crippen MR) is 83.8 cm³/mol. The lowest BCUT2D eigenvalue weighted by Gasteiger charge is -2.29. The van der Waals surface area contributed by atoms with Gasteiger partial charge in [0.25, 0.3) is 0 Å². The van der Waals surface area contributed by atoms with E-state index in [1.807, 2.05) is 0 Å². The third-order valence-corrected chi connectivity index (χ3v) is 3.66. The fourth-order valence-electron chi connectivity index (χ4n) is 1.39. The summed E-state index contributed by atoms with van der Waals surface area (Å²) in [6, 6.07) is -1.28. The van der Waals surface area contributed by atoms with Crippen molar-refractivity contribution in [2.45, 2.75) is 52.3 Å². The molecule has 0 rings (SSSR count). The van der Waals surface area contributed by atoms with Crippen molar-refractivity contribution in [1.82, 2.24) is 5.32 Å². The average molecular weight is 349 g/mol. The number of rotatable bonds is 6. The van der Waals surface area contributed by atoms with Gasteiger partial charge in [0, 0.05) is 6.92 Å². The first-order valence-corrected chi connectivity index (χ1v) is 7.62. The maximum Gasteiger partial charge on any atom is 0.370 e. The zero-order valence-electron chi connectivity index (χ0n) is 14.1. The van der Waals surface area contributed by atoms with E-state index < -0.39 is 46.1 Å². The summed E-state index contributed by atoms with van der Waals surface area (Å²) in [6.07, 6.45) is 0. The Morgan fingerprint density at radius 1 is 1.09 bits per heavy atom. The van der Waals surface area contributed by atoms with E-state index in [1.54, 1.807) is 20.8 Å². The summed E-state index contributed by atoms with van der Waals surface area (Å²) in [5.41, 5.74) is -0.724. The number of hydrogen-bond acceptors (Lipinski definition) is 7. The monoisotopic (exact) mass is 349 g/mol. The molecule has 1 unspecified atom stereocenters. The van der Waals surface area contributed by atoms with Gasteiger partial charge < -0.3 is 19.9 Å². The van der Waals surface area contributed by atoms with Crippen molar-refractivity contribution >= 4 is 34.9 Å². The van der Waals surface area contributed by atoms with E-state index in [4.69, 9.17) is 14.6 Å². The number of esters is 1. The molecular weight excluding hydrogens is 326 g/mol. The highest BCUT2D eigenvalue weighted by Gasteiger charge is 2.39. The molecule has 0 heterocycles. The third kappa shape index (κ3) is 7.87. The van der Waals surface area contributed by atoms with Crippen LogP contribution >= 0.6 is 11.8 Å². The summed E-state index contributed by atoms with van der Waals surface area (Å²) in [5, 5.41) is 10.6. The smallest absolute Gasteiger partial charge is 0.370 e. The quantitative estimate of drug-likeness (QED) is 0.550. The number of thioether (sulfide) groups is 1. The van der Waals surface area contributed by atoms with E-state index in [0.29, 0.717) is 11.8 Å². The maximum absolute atomic E-state index is 11.7. The summed E-state index contributed by atoms with van der Waals surface area (Å²) in [6.45, 7) is 8.54. The molecule has 0 fully saturated rings. The number of carboxylic acids is 1. The van der Waals surface area contributed by atoms with Crippen LogP contribution in [0.4, 0.5) is 4.79 Å². The van der Waals surface area contributed by atoms with Crippen molar-refractivity contribution in [3.63, 3.8) is 0 Å². The number of carboxylic acid groups (broad SMARTS) is 1. The number of amides is 1. The number of carbonyl (C=O) groups is 4. The van der Waals surface area contributed by atoms with Crippen LogP contribution in [0.1, 0.15) is 41.5 Å². The van der Waals surface area contributed by atoms with Gasteiger partial charge >= 0.3 is 17.2 Å². The van der Waals surface area contributed by atoms with Crippen LogP contribution in [0.3, 0.4) is 0 Å². The predicted octanol–water partition coefficient (Wildman–Crippen LogP) is 1.77. The van der Waals surface area contributed by atoms with Crippen LogP contribution in [0.2, 0.25) is 0 Å². The van der Waals surface area contributed by atoms with Crippen molar-refractivity contribution in [3.05, 3.63) is 0 Å². The van der Waals surface area contributed by atoms with Gasteiger partial charge in [-0.2, -0.15) is 0 Å². The normalized spacial score (nSPS) is 13.0. The summed E-state index contributed by atoms with van der Waals surface area (Å²) in [7, 11) is 0. The minimum Gasteiger partial charge on any atom is -0.480 e. The molecule has 0 aromatic heterocycles. The Balaban J connectivity index is 4.59. The Bertz CT molecular complexity index is 482. The fourth-order valence-corrected chi connectivity index (χ4v) is 2.20. The Labute approximate surface area is 139 Å². The Hall–Kier alpha value is -1.77. The van der Waals surface area contributed by atoms with E-state index in [2.05, 4.69) is 5.32 Å². The van der Waals surface area contributed by atoms with Crippen molar-refractivity contribution in [2.24, 2.45) is 5.41 Å². The molecule has 1 atom stereocenters. The maximum atomic E-state index is 11.7. The molecule has 0 aliphatic rings. The molecule has 0 spiro atoms. The van der Waals surface area contributed by atoms with Crippen LogP contribution in [0, 0.1) is 5.41 Å². The number of nitrogens with one attached hydrogen (secondary N) is 1. The van der Waals surface area contributed by atoms with Gasteiger partial charge in [0.2, 0.25) is 12.7 Å². The molecule has 9 heteroatoms.